The van der Waals surface area contributed by atoms with E-state index in [2.05, 4.69) is 71.4 Å². The Kier molecular flexibility index (Phi) is 5.79. The van der Waals surface area contributed by atoms with Crippen LogP contribution >= 0.6 is 0 Å². The standard InChI is InChI=1S/C23H28N6O/c1-4-19-8-10-20(11-9-19)23-24-26-29(25-23)16-22(30)28-14-12-27(13-15-28)21-7-5-6-17(2)18(21)3/h5-11H,4,12-16H2,1-3H3. The molecule has 0 N–H and O–H groups in total. The Balaban J connectivity index is 1.35. The van der Waals surface area contributed by atoms with Crippen LogP contribution < -0.4 is 4.90 Å². The molecule has 7 heteroatoms. The van der Waals surface area contributed by atoms with Gasteiger partial charge in [0.25, 0.3) is 0 Å². The molecular formula is C23H28N6O. The lowest BCUT2D eigenvalue weighted by atomic mass is 10.1. The number of aryl methyl sites for hydroxylation is 2. The lowest BCUT2D eigenvalue weighted by Crippen LogP contribution is -2.50. The fourth-order valence-electron chi connectivity index (χ4n) is 3.81. The van der Waals surface area contributed by atoms with Crippen LogP contribution in [-0.2, 0) is 17.8 Å². The molecule has 0 saturated carbocycles. The fraction of sp³-hybridized carbons (Fsp3) is 0.391. The summed E-state index contributed by atoms with van der Waals surface area (Å²) < 4.78 is 0. The molecule has 1 aliphatic heterocycles. The number of rotatable bonds is 5. The van der Waals surface area contributed by atoms with Gasteiger partial charge in [-0.05, 0) is 48.2 Å². The summed E-state index contributed by atoms with van der Waals surface area (Å²) in [5, 5.41) is 12.6. The van der Waals surface area contributed by atoms with Crippen LogP contribution in [0.5, 0.6) is 0 Å². The Morgan fingerprint density at radius 2 is 1.73 bits per heavy atom. The summed E-state index contributed by atoms with van der Waals surface area (Å²) in [6.07, 6.45) is 0.992. The van der Waals surface area contributed by atoms with Crippen molar-refractivity contribution in [1.29, 1.82) is 0 Å². The highest BCUT2D eigenvalue weighted by molar-refractivity contribution is 5.76. The molecule has 0 spiro atoms. The lowest BCUT2D eigenvalue weighted by Gasteiger charge is -2.37. The zero-order chi connectivity index (χ0) is 21.1. The Morgan fingerprint density at radius 1 is 1.00 bits per heavy atom. The van der Waals surface area contributed by atoms with E-state index in [9.17, 15) is 4.79 Å². The van der Waals surface area contributed by atoms with Crippen molar-refractivity contribution in [3.05, 3.63) is 59.2 Å². The number of amides is 1. The van der Waals surface area contributed by atoms with E-state index in [4.69, 9.17) is 0 Å². The molecule has 2 heterocycles. The molecule has 0 unspecified atom stereocenters. The molecule has 7 nitrogen and oxygen atoms in total. The number of anilines is 1. The number of aromatic nitrogens is 4. The van der Waals surface area contributed by atoms with Crippen LogP contribution in [0.2, 0.25) is 0 Å². The first-order valence-electron chi connectivity index (χ1n) is 10.5. The van der Waals surface area contributed by atoms with Crippen molar-refractivity contribution in [3.8, 4) is 11.4 Å². The van der Waals surface area contributed by atoms with Crippen LogP contribution in [0.1, 0.15) is 23.6 Å². The molecule has 1 amide bonds. The normalized spacial score (nSPS) is 14.2. The quantitative estimate of drug-likeness (QED) is 0.654. The molecule has 2 aromatic carbocycles. The van der Waals surface area contributed by atoms with Crippen molar-refractivity contribution < 1.29 is 4.79 Å². The predicted molar refractivity (Wildman–Crippen MR) is 117 cm³/mol. The lowest BCUT2D eigenvalue weighted by molar-refractivity contribution is -0.132. The number of hydrogen-bond acceptors (Lipinski definition) is 5. The number of tetrazole rings is 1. The highest BCUT2D eigenvalue weighted by Gasteiger charge is 2.23. The van der Waals surface area contributed by atoms with Gasteiger partial charge in [0.05, 0.1) is 0 Å². The summed E-state index contributed by atoms with van der Waals surface area (Å²) in [5.74, 6) is 0.575. The molecule has 0 aliphatic carbocycles. The number of carbonyl (C=O) groups is 1. The minimum Gasteiger partial charge on any atom is -0.368 e. The van der Waals surface area contributed by atoms with E-state index in [0.717, 1.165) is 25.1 Å². The van der Waals surface area contributed by atoms with Gasteiger partial charge < -0.3 is 9.80 Å². The smallest absolute Gasteiger partial charge is 0.246 e. The molecule has 1 aliphatic rings. The maximum atomic E-state index is 12.7. The third-order valence-electron chi connectivity index (χ3n) is 5.90. The Morgan fingerprint density at radius 3 is 2.43 bits per heavy atom. The molecule has 0 bridgehead atoms. The van der Waals surface area contributed by atoms with Crippen molar-refractivity contribution in [2.24, 2.45) is 0 Å². The molecule has 0 atom stereocenters. The van der Waals surface area contributed by atoms with E-state index in [1.165, 1.54) is 27.2 Å². The van der Waals surface area contributed by atoms with Crippen LogP contribution in [0.3, 0.4) is 0 Å². The maximum Gasteiger partial charge on any atom is 0.246 e. The SMILES string of the molecule is CCc1ccc(-c2nnn(CC(=O)N3CCN(c4cccc(C)c4C)CC3)n2)cc1. The van der Waals surface area contributed by atoms with Crippen molar-refractivity contribution in [1.82, 2.24) is 25.1 Å². The molecule has 1 aromatic heterocycles. The molecular weight excluding hydrogens is 376 g/mol. The second-order valence-electron chi connectivity index (χ2n) is 7.78. The zero-order valence-electron chi connectivity index (χ0n) is 17.9. The summed E-state index contributed by atoms with van der Waals surface area (Å²) in [7, 11) is 0. The van der Waals surface area contributed by atoms with E-state index < -0.39 is 0 Å². The number of nitrogens with zero attached hydrogens (tertiary/aromatic N) is 6. The molecule has 1 saturated heterocycles. The number of piperazine rings is 1. The van der Waals surface area contributed by atoms with Crippen molar-refractivity contribution in [2.75, 3.05) is 31.1 Å². The maximum absolute atomic E-state index is 12.7. The van der Waals surface area contributed by atoms with Gasteiger partial charge in [0.15, 0.2) is 0 Å². The Bertz CT molecular complexity index is 1020. The highest BCUT2D eigenvalue weighted by atomic mass is 16.2. The zero-order valence-corrected chi connectivity index (χ0v) is 17.9. The van der Waals surface area contributed by atoms with E-state index in [0.29, 0.717) is 18.9 Å². The Labute approximate surface area is 177 Å². The van der Waals surface area contributed by atoms with Crippen molar-refractivity contribution >= 4 is 11.6 Å². The predicted octanol–water partition coefficient (Wildman–Crippen LogP) is 2.87. The summed E-state index contributed by atoms with van der Waals surface area (Å²) in [4.78, 5) is 18.4. The second-order valence-corrected chi connectivity index (χ2v) is 7.78. The fourth-order valence-corrected chi connectivity index (χ4v) is 3.81. The average molecular weight is 405 g/mol. The minimum atomic E-state index is 0.0286. The molecule has 156 valence electrons. The minimum absolute atomic E-state index is 0.0286. The monoisotopic (exact) mass is 404 g/mol. The van der Waals surface area contributed by atoms with Gasteiger partial charge in [0, 0.05) is 37.4 Å². The number of benzene rings is 2. The van der Waals surface area contributed by atoms with Crippen LogP contribution in [0.25, 0.3) is 11.4 Å². The molecule has 0 radical (unpaired) electrons. The summed E-state index contributed by atoms with van der Waals surface area (Å²) in [5.41, 5.74) is 6.04. The van der Waals surface area contributed by atoms with Gasteiger partial charge in [-0.1, -0.05) is 43.3 Å². The van der Waals surface area contributed by atoms with E-state index in [-0.39, 0.29) is 12.5 Å². The van der Waals surface area contributed by atoms with Gasteiger partial charge in [-0.3, -0.25) is 4.79 Å². The topological polar surface area (TPSA) is 67.2 Å². The van der Waals surface area contributed by atoms with Crippen LogP contribution in [-0.4, -0.2) is 57.2 Å². The number of hydrogen-bond donors (Lipinski definition) is 0. The second kappa shape index (κ2) is 8.65. The van der Waals surface area contributed by atoms with Gasteiger partial charge in [-0.25, -0.2) is 0 Å². The van der Waals surface area contributed by atoms with Gasteiger partial charge in [-0.2, -0.15) is 4.80 Å². The highest BCUT2D eigenvalue weighted by Crippen LogP contribution is 2.24. The van der Waals surface area contributed by atoms with Crippen LogP contribution in [0.15, 0.2) is 42.5 Å². The van der Waals surface area contributed by atoms with Gasteiger partial charge in [0.1, 0.15) is 6.54 Å². The average Bonchev–Trinajstić information content (AvgIpc) is 3.24. The first-order valence-corrected chi connectivity index (χ1v) is 10.5. The van der Waals surface area contributed by atoms with Crippen molar-refractivity contribution in [2.45, 2.75) is 33.7 Å². The summed E-state index contributed by atoms with van der Waals surface area (Å²) in [6.45, 7) is 9.59. The van der Waals surface area contributed by atoms with Gasteiger partial charge in [0.2, 0.25) is 11.7 Å². The first-order chi connectivity index (χ1) is 14.5. The molecule has 4 rings (SSSR count). The van der Waals surface area contributed by atoms with Crippen LogP contribution in [0, 0.1) is 13.8 Å². The van der Waals surface area contributed by atoms with E-state index in [1.54, 1.807) is 0 Å². The molecule has 30 heavy (non-hydrogen) atoms. The third kappa shape index (κ3) is 4.20. The van der Waals surface area contributed by atoms with Gasteiger partial charge >= 0.3 is 0 Å². The largest absolute Gasteiger partial charge is 0.368 e. The summed E-state index contributed by atoms with van der Waals surface area (Å²) in [6, 6.07) is 14.5. The third-order valence-corrected chi connectivity index (χ3v) is 5.90. The van der Waals surface area contributed by atoms with E-state index in [1.807, 2.05) is 17.0 Å². The summed E-state index contributed by atoms with van der Waals surface area (Å²) >= 11 is 0. The van der Waals surface area contributed by atoms with E-state index >= 15 is 0 Å². The Hall–Kier alpha value is -3.22. The van der Waals surface area contributed by atoms with Gasteiger partial charge in [-0.15, -0.1) is 10.2 Å². The first kappa shape index (κ1) is 20.1. The van der Waals surface area contributed by atoms with Crippen molar-refractivity contribution in [3.63, 3.8) is 0 Å². The molecule has 3 aromatic rings. The number of carbonyl (C=O) groups excluding carboxylic acids is 1. The molecule has 1 fully saturated rings. The van der Waals surface area contributed by atoms with Crippen LogP contribution in [0.4, 0.5) is 5.69 Å².